The van der Waals surface area contributed by atoms with Crippen molar-refractivity contribution < 1.29 is 13.2 Å². The van der Waals surface area contributed by atoms with E-state index < -0.39 is 17.5 Å². The lowest BCUT2D eigenvalue weighted by molar-refractivity contribution is -0.224. The highest BCUT2D eigenvalue weighted by Crippen LogP contribution is 2.48. The Morgan fingerprint density at radius 2 is 1.95 bits per heavy atom. The summed E-state index contributed by atoms with van der Waals surface area (Å²) < 4.78 is 39.6. The van der Waals surface area contributed by atoms with Crippen molar-refractivity contribution >= 4 is 0 Å². The van der Waals surface area contributed by atoms with Crippen molar-refractivity contribution in [3.8, 4) is 0 Å². The summed E-state index contributed by atoms with van der Waals surface area (Å²) in [5.74, 6) is -0.531. The number of likely N-dealkylation sites (tertiary alicyclic amines) is 1. The third-order valence-electron chi connectivity index (χ3n) is 4.11. The number of halogens is 3. The van der Waals surface area contributed by atoms with Gasteiger partial charge in [-0.25, -0.2) is 0 Å². The van der Waals surface area contributed by atoms with E-state index in [1.807, 2.05) is 35.2 Å². The van der Waals surface area contributed by atoms with Crippen molar-refractivity contribution in [1.82, 2.24) is 4.90 Å². The minimum absolute atomic E-state index is 0.0211. The molecule has 1 heterocycles. The molecule has 1 aliphatic rings. The highest BCUT2D eigenvalue weighted by molar-refractivity contribution is 5.15. The molecule has 106 valence electrons. The second-order valence-electron chi connectivity index (χ2n) is 5.50. The molecule has 1 saturated heterocycles. The van der Waals surface area contributed by atoms with Crippen molar-refractivity contribution in [2.75, 3.05) is 19.6 Å². The zero-order valence-electron chi connectivity index (χ0n) is 11.0. The van der Waals surface area contributed by atoms with Crippen molar-refractivity contribution in [1.29, 1.82) is 0 Å². The van der Waals surface area contributed by atoms with Gasteiger partial charge in [-0.15, -0.1) is 0 Å². The van der Waals surface area contributed by atoms with Crippen LogP contribution < -0.4 is 5.73 Å². The molecular formula is C14H19F3N2. The van der Waals surface area contributed by atoms with Gasteiger partial charge in [0.05, 0.1) is 5.41 Å². The molecular weight excluding hydrogens is 253 g/mol. The first-order chi connectivity index (χ1) is 8.87. The number of hydrogen-bond acceptors (Lipinski definition) is 2. The third kappa shape index (κ3) is 2.77. The first-order valence-electron chi connectivity index (χ1n) is 6.40. The fraction of sp³-hybridized carbons (Fsp3) is 0.571. The Morgan fingerprint density at radius 3 is 2.42 bits per heavy atom. The fourth-order valence-electron chi connectivity index (χ4n) is 2.79. The largest absolute Gasteiger partial charge is 0.395 e. The van der Waals surface area contributed by atoms with E-state index in [0.717, 1.165) is 5.56 Å². The van der Waals surface area contributed by atoms with E-state index in [1.165, 1.54) is 6.92 Å². The van der Waals surface area contributed by atoms with E-state index in [1.54, 1.807) is 0 Å². The molecule has 0 bridgehead atoms. The molecule has 2 N–H and O–H groups in total. The zero-order chi connectivity index (χ0) is 14.1. The van der Waals surface area contributed by atoms with Crippen LogP contribution in [0.4, 0.5) is 13.2 Å². The number of rotatable bonds is 3. The first-order valence-corrected chi connectivity index (χ1v) is 6.40. The van der Waals surface area contributed by atoms with Gasteiger partial charge in [0.25, 0.3) is 0 Å². The molecule has 2 atom stereocenters. The lowest BCUT2D eigenvalue weighted by Crippen LogP contribution is -2.44. The van der Waals surface area contributed by atoms with E-state index in [2.05, 4.69) is 0 Å². The van der Waals surface area contributed by atoms with Crippen molar-refractivity contribution in [3.05, 3.63) is 35.9 Å². The van der Waals surface area contributed by atoms with Gasteiger partial charge in [0.15, 0.2) is 0 Å². The Kier molecular flexibility index (Phi) is 3.87. The van der Waals surface area contributed by atoms with Crippen LogP contribution in [0.25, 0.3) is 0 Å². The predicted octanol–water partition coefficient (Wildman–Crippen LogP) is 2.65. The molecule has 0 aliphatic carbocycles. The van der Waals surface area contributed by atoms with Gasteiger partial charge in [-0.3, -0.25) is 4.90 Å². The summed E-state index contributed by atoms with van der Waals surface area (Å²) in [5.41, 5.74) is 4.87. The van der Waals surface area contributed by atoms with Gasteiger partial charge >= 0.3 is 6.18 Å². The lowest BCUT2D eigenvalue weighted by atomic mass is 9.79. The summed E-state index contributed by atoms with van der Waals surface area (Å²) >= 11 is 0. The summed E-state index contributed by atoms with van der Waals surface area (Å²) in [6.07, 6.45) is -4.21. The summed E-state index contributed by atoms with van der Waals surface area (Å²) in [7, 11) is 0. The van der Waals surface area contributed by atoms with Gasteiger partial charge in [0, 0.05) is 19.6 Å². The van der Waals surface area contributed by atoms with E-state index in [-0.39, 0.29) is 13.1 Å². The quantitative estimate of drug-likeness (QED) is 0.916. The summed E-state index contributed by atoms with van der Waals surface area (Å²) in [4.78, 5) is 1.85. The Hall–Kier alpha value is -1.07. The van der Waals surface area contributed by atoms with Gasteiger partial charge in [0.1, 0.15) is 0 Å². The molecule has 19 heavy (non-hydrogen) atoms. The molecule has 1 fully saturated rings. The molecule has 0 amide bonds. The van der Waals surface area contributed by atoms with Crippen LogP contribution in [0.3, 0.4) is 0 Å². The standard InChI is InChI=1S/C14H19F3N2/c1-13(14(15,16)17)10-19(9-12(13)7-18)8-11-5-3-2-4-6-11/h2-6,12H,7-10,18H2,1H3/t12-,13+/m0/s1. The van der Waals surface area contributed by atoms with E-state index in [9.17, 15) is 13.2 Å². The Morgan fingerprint density at radius 1 is 1.32 bits per heavy atom. The van der Waals surface area contributed by atoms with Crippen LogP contribution in [0, 0.1) is 11.3 Å². The number of alkyl halides is 3. The molecule has 1 aromatic rings. The highest BCUT2D eigenvalue weighted by atomic mass is 19.4. The molecule has 1 aromatic carbocycles. The number of benzene rings is 1. The molecule has 1 aliphatic heterocycles. The molecule has 5 heteroatoms. The summed E-state index contributed by atoms with van der Waals surface area (Å²) in [6.45, 7) is 2.33. The van der Waals surface area contributed by atoms with Crippen LogP contribution >= 0.6 is 0 Å². The maximum Gasteiger partial charge on any atom is 0.395 e. The molecule has 0 spiro atoms. The fourth-order valence-corrected chi connectivity index (χ4v) is 2.79. The maximum atomic E-state index is 13.2. The smallest absolute Gasteiger partial charge is 0.330 e. The maximum absolute atomic E-state index is 13.2. The molecule has 0 unspecified atom stereocenters. The van der Waals surface area contributed by atoms with Gasteiger partial charge in [-0.2, -0.15) is 13.2 Å². The van der Waals surface area contributed by atoms with E-state index >= 15 is 0 Å². The third-order valence-corrected chi connectivity index (χ3v) is 4.11. The van der Waals surface area contributed by atoms with Crippen LogP contribution in [0.5, 0.6) is 0 Å². The van der Waals surface area contributed by atoms with Gasteiger partial charge in [0.2, 0.25) is 0 Å². The minimum Gasteiger partial charge on any atom is -0.330 e. The van der Waals surface area contributed by atoms with Gasteiger partial charge in [-0.1, -0.05) is 30.3 Å². The molecule has 2 nitrogen and oxygen atoms in total. The van der Waals surface area contributed by atoms with Crippen molar-refractivity contribution in [2.45, 2.75) is 19.6 Å². The summed E-state index contributed by atoms with van der Waals surface area (Å²) in [6, 6.07) is 9.56. The monoisotopic (exact) mass is 272 g/mol. The number of hydrogen-bond donors (Lipinski definition) is 1. The summed E-state index contributed by atoms with van der Waals surface area (Å²) in [5, 5.41) is 0. The topological polar surface area (TPSA) is 29.3 Å². The zero-order valence-corrected chi connectivity index (χ0v) is 11.0. The van der Waals surface area contributed by atoms with Gasteiger partial charge < -0.3 is 5.73 Å². The second-order valence-corrected chi connectivity index (χ2v) is 5.50. The van der Waals surface area contributed by atoms with Crippen LogP contribution in [0.15, 0.2) is 30.3 Å². The van der Waals surface area contributed by atoms with E-state index in [4.69, 9.17) is 5.73 Å². The normalized spacial score (nSPS) is 28.8. The molecule has 0 radical (unpaired) electrons. The average molecular weight is 272 g/mol. The SMILES string of the molecule is C[C@@]1(C(F)(F)F)CN(Cc2ccccc2)C[C@@H]1CN. The predicted molar refractivity (Wildman–Crippen MR) is 68.4 cm³/mol. The highest BCUT2D eigenvalue weighted by Gasteiger charge is 2.59. The van der Waals surface area contributed by atoms with Crippen molar-refractivity contribution in [3.63, 3.8) is 0 Å². The van der Waals surface area contributed by atoms with Crippen LogP contribution in [0.2, 0.25) is 0 Å². The van der Waals surface area contributed by atoms with Gasteiger partial charge in [-0.05, 0) is 24.9 Å². The first kappa shape index (κ1) is 14.3. The Bertz CT molecular complexity index is 418. The van der Waals surface area contributed by atoms with Crippen LogP contribution in [0.1, 0.15) is 12.5 Å². The number of nitrogens with zero attached hydrogens (tertiary/aromatic N) is 1. The Labute approximate surface area is 111 Å². The van der Waals surface area contributed by atoms with Crippen LogP contribution in [-0.2, 0) is 6.54 Å². The minimum atomic E-state index is -4.21. The molecule has 0 aromatic heterocycles. The van der Waals surface area contributed by atoms with E-state index in [0.29, 0.717) is 13.1 Å². The molecule has 0 saturated carbocycles. The lowest BCUT2D eigenvalue weighted by Gasteiger charge is -2.32. The molecule has 2 rings (SSSR count). The average Bonchev–Trinajstić information content (AvgIpc) is 2.67. The van der Waals surface area contributed by atoms with Crippen molar-refractivity contribution in [2.24, 2.45) is 17.1 Å². The second kappa shape index (κ2) is 5.13. The number of nitrogens with two attached hydrogens (primary N) is 1. The van der Waals surface area contributed by atoms with Crippen LogP contribution in [-0.4, -0.2) is 30.7 Å². The Balaban J connectivity index is 2.11.